The van der Waals surface area contributed by atoms with Crippen LogP contribution in [-0.4, -0.2) is 19.5 Å². The van der Waals surface area contributed by atoms with Crippen molar-refractivity contribution < 1.29 is 14.0 Å². The SMILES string of the molecule is CC=COB(OC(C)C)OC(C)C. The van der Waals surface area contributed by atoms with Gasteiger partial charge in [0.25, 0.3) is 0 Å². The maximum absolute atomic E-state index is 5.37. The predicted octanol–water partition coefficient (Wildman–Crippen LogP) is 2.37. The van der Waals surface area contributed by atoms with Gasteiger partial charge in [0.05, 0.1) is 6.26 Å². The van der Waals surface area contributed by atoms with E-state index < -0.39 is 7.32 Å². The van der Waals surface area contributed by atoms with E-state index in [1.54, 1.807) is 12.3 Å². The highest BCUT2D eigenvalue weighted by Crippen LogP contribution is 2.01. The molecule has 0 aliphatic carbocycles. The maximum atomic E-state index is 5.37. The van der Waals surface area contributed by atoms with Crippen LogP contribution in [-0.2, 0) is 14.0 Å². The lowest BCUT2D eigenvalue weighted by atomic mass is 10.2. The van der Waals surface area contributed by atoms with Crippen molar-refractivity contribution in [2.75, 3.05) is 0 Å². The molecule has 0 amide bonds. The van der Waals surface area contributed by atoms with Gasteiger partial charge >= 0.3 is 7.32 Å². The Morgan fingerprint density at radius 1 is 1.00 bits per heavy atom. The first-order valence-corrected chi connectivity index (χ1v) is 4.63. The van der Waals surface area contributed by atoms with Gasteiger partial charge in [0.2, 0.25) is 0 Å². The molecular weight excluding hydrogens is 167 g/mol. The summed E-state index contributed by atoms with van der Waals surface area (Å²) in [5.41, 5.74) is 0. The Kier molecular flexibility index (Phi) is 6.72. The summed E-state index contributed by atoms with van der Waals surface area (Å²) in [6.45, 7) is 9.64. The molecule has 4 heteroatoms. The number of hydrogen-bond donors (Lipinski definition) is 0. The molecule has 0 radical (unpaired) electrons. The molecule has 0 atom stereocenters. The monoisotopic (exact) mass is 186 g/mol. The average Bonchev–Trinajstić information content (AvgIpc) is 1.98. The second kappa shape index (κ2) is 6.98. The smallest absolute Gasteiger partial charge is 0.518 e. The van der Waals surface area contributed by atoms with Gasteiger partial charge in [-0.2, -0.15) is 0 Å². The highest BCUT2D eigenvalue weighted by Gasteiger charge is 2.24. The summed E-state index contributed by atoms with van der Waals surface area (Å²) in [4.78, 5) is 0. The lowest BCUT2D eigenvalue weighted by molar-refractivity contribution is 0.0736. The van der Waals surface area contributed by atoms with E-state index >= 15 is 0 Å². The quantitative estimate of drug-likeness (QED) is 0.470. The van der Waals surface area contributed by atoms with Gasteiger partial charge in [-0.3, -0.25) is 0 Å². The molecule has 0 fully saturated rings. The zero-order valence-electron chi connectivity index (χ0n) is 9.11. The Labute approximate surface area is 81.2 Å². The van der Waals surface area contributed by atoms with E-state index in [2.05, 4.69) is 0 Å². The molecule has 0 saturated heterocycles. The van der Waals surface area contributed by atoms with Crippen molar-refractivity contribution >= 4 is 7.32 Å². The van der Waals surface area contributed by atoms with E-state index in [1.165, 1.54) is 0 Å². The molecule has 0 rings (SSSR count). The van der Waals surface area contributed by atoms with Crippen molar-refractivity contribution in [3.8, 4) is 0 Å². The largest absolute Gasteiger partial charge is 0.713 e. The Morgan fingerprint density at radius 2 is 1.46 bits per heavy atom. The van der Waals surface area contributed by atoms with Crippen LogP contribution in [0.25, 0.3) is 0 Å². The zero-order chi connectivity index (χ0) is 10.3. The molecule has 0 aromatic carbocycles. The fourth-order valence-corrected chi connectivity index (χ4v) is 0.683. The van der Waals surface area contributed by atoms with Crippen molar-refractivity contribution in [1.29, 1.82) is 0 Å². The van der Waals surface area contributed by atoms with Crippen molar-refractivity contribution in [1.82, 2.24) is 0 Å². The van der Waals surface area contributed by atoms with Crippen LogP contribution in [0.4, 0.5) is 0 Å². The van der Waals surface area contributed by atoms with Crippen LogP contribution in [0.2, 0.25) is 0 Å². The van der Waals surface area contributed by atoms with Crippen molar-refractivity contribution in [3.05, 3.63) is 12.3 Å². The molecule has 0 aromatic heterocycles. The van der Waals surface area contributed by atoms with Crippen molar-refractivity contribution in [2.24, 2.45) is 0 Å². The Hall–Kier alpha value is -0.475. The van der Waals surface area contributed by atoms with E-state index in [4.69, 9.17) is 14.0 Å². The van der Waals surface area contributed by atoms with Crippen LogP contribution < -0.4 is 0 Å². The molecule has 0 aliphatic rings. The molecule has 3 nitrogen and oxygen atoms in total. The highest BCUT2D eigenvalue weighted by atomic mass is 16.7. The summed E-state index contributed by atoms with van der Waals surface area (Å²) in [7, 11) is -0.601. The fraction of sp³-hybridized carbons (Fsp3) is 0.778. The molecule has 0 unspecified atom stereocenters. The highest BCUT2D eigenvalue weighted by molar-refractivity contribution is 6.36. The molecule has 0 aliphatic heterocycles. The van der Waals surface area contributed by atoms with Gasteiger partial charge in [-0.1, -0.05) is 6.08 Å². The van der Waals surface area contributed by atoms with Gasteiger partial charge in [0, 0.05) is 12.2 Å². The number of allylic oxidation sites excluding steroid dienone is 1. The molecule has 0 N–H and O–H groups in total. The van der Waals surface area contributed by atoms with Gasteiger partial charge < -0.3 is 14.0 Å². The Morgan fingerprint density at radius 3 is 1.77 bits per heavy atom. The third kappa shape index (κ3) is 7.87. The van der Waals surface area contributed by atoms with Crippen LogP contribution in [0.1, 0.15) is 34.6 Å². The summed E-state index contributed by atoms with van der Waals surface area (Å²) in [6, 6.07) is 0. The van der Waals surface area contributed by atoms with Gasteiger partial charge in [-0.15, -0.1) is 0 Å². The number of hydrogen-bond acceptors (Lipinski definition) is 3. The minimum Gasteiger partial charge on any atom is -0.518 e. The minimum absolute atomic E-state index is 0.0917. The van der Waals surface area contributed by atoms with Gasteiger partial charge in [0.15, 0.2) is 0 Å². The normalized spacial score (nSPS) is 11.6. The second-order valence-corrected chi connectivity index (χ2v) is 3.26. The molecule has 13 heavy (non-hydrogen) atoms. The first kappa shape index (κ1) is 12.5. The third-order valence-corrected chi connectivity index (χ3v) is 1.09. The first-order chi connectivity index (χ1) is 6.06. The lowest BCUT2D eigenvalue weighted by Crippen LogP contribution is -2.31. The summed E-state index contributed by atoms with van der Waals surface area (Å²) in [5, 5.41) is 0. The summed E-state index contributed by atoms with van der Waals surface area (Å²) in [5.74, 6) is 0. The maximum Gasteiger partial charge on any atom is 0.713 e. The molecular formula is C9H19BO3. The lowest BCUT2D eigenvalue weighted by Gasteiger charge is -2.16. The molecule has 0 aromatic rings. The van der Waals surface area contributed by atoms with Crippen LogP contribution in [0, 0.1) is 0 Å². The molecule has 0 heterocycles. The fourth-order valence-electron chi connectivity index (χ4n) is 0.683. The summed E-state index contributed by atoms with van der Waals surface area (Å²) >= 11 is 0. The van der Waals surface area contributed by atoms with Gasteiger partial charge in [-0.25, -0.2) is 0 Å². The molecule has 0 saturated carbocycles. The van der Waals surface area contributed by atoms with Crippen LogP contribution in [0.3, 0.4) is 0 Å². The van der Waals surface area contributed by atoms with Crippen molar-refractivity contribution in [2.45, 2.75) is 46.8 Å². The molecule has 0 bridgehead atoms. The molecule has 0 spiro atoms. The summed E-state index contributed by atoms with van der Waals surface area (Å²) < 4.78 is 15.9. The standard InChI is InChI=1S/C9H19BO3/c1-6-7-11-10(12-8(2)3)13-9(4)5/h6-9H,1-5H3. The zero-order valence-corrected chi connectivity index (χ0v) is 9.11. The van der Waals surface area contributed by atoms with E-state index in [0.29, 0.717) is 0 Å². The van der Waals surface area contributed by atoms with Crippen LogP contribution in [0.15, 0.2) is 12.3 Å². The summed E-state index contributed by atoms with van der Waals surface area (Å²) in [6.07, 6.45) is 3.54. The average molecular weight is 186 g/mol. The third-order valence-electron chi connectivity index (χ3n) is 1.09. The predicted molar refractivity (Wildman–Crippen MR) is 54.1 cm³/mol. The van der Waals surface area contributed by atoms with Gasteiger partial charge in [0.1, 0.15) is 0 Å². The Balaban J connectivity index is 3.87. The Bertz CT molecular complexity index is 136. The van der Waals surface area contributed by atoms with E-state index in [1.807, 2.05) is 34.6 Å². The topological polar surface area (TPSA) is 27.7 Å². The first-order valence-electron chi connectivity index (χ1n) is 4.63. The van der Waals surface area contributed by atoms with Crippen molar-refractivity contribution in [3.63, 3.8) is 0 Å². The second-order valence-electron chi connectivity index (χ2n) is 3.26. The molecule has 76 valence electrons. The van der Waals surface area contributed by atoms with Crippen LogP contribution >= 0.6 is 0 Å². The van der Waals surface area contributed by atoms with Gasteiger partial charge in [-0.05, 0) is 34.6 Å². The number of rotatable bonds is 6. The van der Waals surface area contributed by atoms with E-state index in [0.717, 1.165) is 0 Å². The minimum atomic E-state index is -0.601. The van der Waals surface area contributed by atoms with E-state index in [9.17, 15) is 0 Å². The van der Waals surface area contributed by atoms with E-state index in [-0.39, 0.29) is 12.2 Å². The van der Waals surface area contributed by atoms with Crippen LogP contribution in [0.5, 0.6) is 0 Å².